The highest BCUT2D eigenvalue weighted by Gasteiger charge is 2.16. The normalized spacial score (nSPS) is 16.0. The van der Waals surface area contributed by atoms with Gasteiger partial charge in [0.1, 0.15) is 0 Å². The van der Waals surface area contributed by atoms with E-state index in [1.807, 2.05) is 0 Å². The van der Waals surface area contributed by atoms with Gasteiger partial charge in [-0.15, -0.1) is 6.58 Å². The maximum absolute atomic E-state index is 5.53. The lowest BCUT2D eigenvalue weighted by Crippen LogP contribution is -2.13. The molecule has 114 valence electrons. The Hall–Kier alpha value is -0.300. The predicted molar refractivity (Wildman–Crippen MR) is 88.3 cm³/mol. The summed E-state index contributed by atoms with van der Waals surface area (Å²) in [6, 6.07) is 0. The van der Waals surface area contributed by atoms with Crippen LogP contribution in [0.5, 0.6) is 0 Å². The van der Waals surface area contributed by atoms with Gasteiger partial charge in [0.25, 0.3) is 0 Å². The quantitative estimate of drug-likeness (QED) is 0.343. The summed E-state index contributed by atoms with van der Waals surface area (Å²) in [6.07, 6.45) is 14.0. The van der Waals surface area contributed by atoms with Gasteiger partial charge in [-0.05, 0) is 50.0 Å². The lowest BCUT2D eigenvalue weighted by atomic mass is 9.81. The molecule has 1 nitrogen and oxygen atoms in total. The summed E-state index contributed by atoms with van der Waals surface area (Å²) < 4.78 is 0. The lowest BCUT2D eigenvalue weighted by molar-refractivity contribution is 0.273. The van der Waals surface area contributed by atoms with Crippen LogP contribution >= 0.6 is 0 Å². The van der Waals surface area contributed by atoms with Crippen LogP contribution in [0.15, 0.2) is 12.7 Å². The van der Waals surface area contributed by atoms with Crippen molar-refractivity contribution in [2.45, 2.75) is 78.6 Å². The molecule has 0 heterocycles. The number of hydrogen-bond acceptors (Lipinski definition) is 1. The van der Waals surface area contributed by atoms with Crippen LogP contribution in [0.3, 0.4) is 0 Å². The van der Waals surface area contributed by atoms with Crippen molar-refractivity contribution in [3.8, 4) is 0 Å². The third-order valence-electron chi connectivity index (χ3n) is 4.65. The Kier molecular flexibility index (Phi) is 12.5. The molecule has 19 heavy (non-hydrogen) atoms. The molecule has 0 aliphatic carbocycles. The van der Waals surface area contributed by atoms with Gasteiger partial charge in [-0.2, -0.15) is 0 Å². The van der Waals surface area contributed by atoms with Gasteiger partial charge in [0.05, 0.1) is 0 Å². The van der Waals surface area contributed by atoms with E-state index >= 15 is 0 Å². The third-order valence-corrected chi connectivity index (χ3v) is 4.65. The first kappa shape index (κ1) is 18.7. The van der Waals surface area contributed by atoms with Gasteiger partial charge in [-0.3, -0.25) is 0 Å². The van der Waals surface area contributed by atoms with Crippen LogP contribution in [0.4, 0.5) is 0 Å². The highest BCUT2D eigenvalue weighted by atomic mass is 14.5. The number of rotatable bonds is 13. The Morgan fingerprint density at radius 2 is 1.68 bits per heavy atom. The lowest BCUT2D eigenvalue weighted by Gasteiger charge is -2.24. The monoisotopic (exact) mass is 267 g/mol. The van der Waals surface area contributed by atoms with Gasteiger partial charge in [0.15, 0.2) is 0 Å². The molecule has 0 spiro atoms. The second-order valence-electron chi connectivity index (χ2n) is 6.32. The number of nitrogens with two attached hydrogens (primary N) is 1. The molecule has 0 saturated heterocycles. The van der Waals surface area contributed by atoms with E-state index in [0.717, 1.165) is 24.3 Å². The second-order valence-corrected chi connectivity index (χ2v) is 6.32. The van der Waals surface area contributed by atoms with Crippen molar-refractivity contribution in [2.24, 2.45) is 23.5 Å². The predicted octanol–water partition coefficient (Wildman–Crippen LogP) is 5.55. The summed E-state index contributed by atoms with van der Waals surface area (Å²) in [7, 11) is 0. The van der Waals surface area contributed by atoms with Crippen molar-refractivity contribution in [3.63, 3.8) is 0 Å². The maximum atomic E-state index is 5.53. The highest BCUT2D eigenvalue weighted by molar-refractivity contribution is 4.72. The van der Waals surface area contributed by atoms with Crippen LogP contribution in [0.2, 0.25) is 0 Å². The van der Waals surface area contributed by atoms with Crippen molar-refractivity contribution >= 4 is 0 Å². The Morgan fingerprint density at radius 3 is 2.26 bits per heavy atom. The van der Waals surface area contributed by atoms with Crippen LogP contribution in [-0.2, 0) is 0 Å². The second kappa shape index (κ2) is 12.7. The van der Waals surface area contributed by atoms with Gasteiger partial charge in [-0.25, -0.2) is 0 Å². The van der Waals surface area contributed by atoms with Crippen molar-refractivity contribution in [1.29, 1.82) is 0 Å². The number of allylic oxidation sites excluding steroid dienone is 1. The average molecular weight is 268 g/mol. The summed E-state index contributed by atoms with van der Waals surface area (Å²) in [5.74, 6) is 2.62. The molecule has 0 aromatic heterocycles. The molecule has 0 aromatic rings. The Bertz CT molecular complexity index is 200. The summed E-state index contributed by atoms with van der Waals surface area (Å²) in [4.78, 5) is 0. The summed E-state index contributed by atoms with van der Waals surface area (Å²) >= 11 is 0. The maximum Gasteiger partial charge on any atom is -0.00773 e. The third kappa shape index (κ3) is 10.2. The fourth-order valence-corrected chi connectivity index (χ4v) is 2.84. The molecule has 0 amide bonds. The van der Waals surface area contributed by atoms with Gasteiger partial charge < -0.3 is 5.73 Å². The molecule has 0 aliphatic heterocycles. The van der Waals surface area contributed by atoms with E-state index in [4.69, 9.17) is 5.73 Å². The van der Waals surface area contributed by atoms with Gasteiger partial charge in [0.2, 0.25) is 0 Å². The van der Waals surface area contributed by atoms with E-state index in [2.05, 4.69) is 33.4 Å². The van der Waals surface area contributed by atoms with Gasteiger partial charge in [0, 0.05) is 0 Å². The largest absolute Gasteiger partial charge is 0.330 e. The molecular formula is C18H37N. The molecule has 3 unspecified atom stereocenters. The summed E-state index contributed by atoms with van der Waals surface area (Å²) in [5, 5.41) is 0. The average Bonchev–Trinajstić information content (AvgIpc) is 2.42. The van der Waals surface area contributed by atoms with Crippen LogP contribution < -0.4 is 5.73 Å². The van der Waals surface area contributed by atoms with E-state index in [0.29, 0.717) is 0 Å². The smallest absolute Gasteiger partial charge is 0.00773 e. The van der Waals surface area contributed by atoms with Gasteiger partial charge in [-0.1, -0.05) is 59.0 Å². The minimum absolute atomic E-state index is 0.837. The first-order valence-corrected chi connectivity index (χ1v) is 8.46. The van der Waals surface area contributed by atoms with Crippen LogP contribution in [0, 0.1) is 17.8 Å². The molecule has 1 heteroatoms. The Balaban J connectivity index is 3.79. The van der Waals surface area contributed by atoms with E-state index in [-0.39, 0.29) is 0 Å². The Labute approximate surface area is 122 Å². The van der Waals surface area contributed by atoms with E-state index in [1.165, 1.54) is 57.8 Å². The molecule has 0 bridgehead atoms. The van der Waals surface area contributed by atoms with Crippen molar-refractivity contribution in [3.05, 3.63) is 12.7 Å². The molecule has 3 atom stereocenters. The zero-order valence-corrected chi connectivity index (χ0v) is 13.7. The highest BCUT2D eigenvalue weighted by Crippen LogP contribution is 2.28. The zero-order valence-electron chi connectivity index (χ0n) is 13.7. The van der Waals surface area contributed by atoms with Crippen LogP contribution in [-0.4, -0.2) is 6.54 Å². The molecule has 2 N–H and O–H groups in total. The van der Waals surface area contributed by atoms with E-state index < -0.39 is 0 Å². The molecular weight excluding hydrogens is 230 g/mol. The summed E-state index contributed by atoms with van der Waals surface area (Å²) in [6.45, 7) is 11.9. The molecule has 0 saturated carbocycles. The first-order chi connectivity index (χ1) is 9.15. The minimum atomic E-state index is 0.837. The van der Waals surface area contributed by atoms with E-state index in [9.17, 15) is 0 Å². The first-order valence-electron chi connectivity index (χ1n) is 8.46. The van der Waals surface area contributed by atoms with Crippen molar-refractivity contribution < 1.29 is 0 Å². The number of unbranched alkanes of at least 4 members (excludes halogenated alkanes) is 3. The molecule has 0 aliphatic rings. The fourth-order valence-electron chi connectivity index (χ4n) is 2.84. The van der Waals surface area contributed by atoms with Gasteiger partial charge >= 0.3 is 0 Å². The zero-order chi connectivity index (χ0) is 14.5. The molecule has 0 fully saturated rings. The SMILES string of the molecule is C=CCCC(C)C(C)CC(CC)CCCCCCN. The number of hydrogen-bond donors (Lipinski definition) is 1. The topological polar surface area (TPSA) is 26.0 Å². The Morgan fingerprint density at radius 1 is 1.00 bits per heavy atom. The summed E-state index contributed by atoms with van der Waals surface area (Å²) in [5.41, 5.74) is 5.53. The standard InChI is InChI=1S/C18H37N/c1-5-7-12-16(3)17(4)15-18(6-2)13-10-8-9-11-14-19/h5,16-18H,1,6-15,19H2,2-4H3. The minimum Gasteiger partial charge on any atom is -0.330 e. The molecule has 0 aromatic carbocycles. The molecule has 0 radical (unpaired) electrons. The fraction of sp³-hybridized carbons (Fsp3) is 0.889. The van der Waals surface area contributed by atoms with Crippen LogP contribution in [0.1, 0.15) is 78.6 Å². The van der Waals surface area contributed by atoms with E-state index in [1.54, 1.807) is 0 Å². The van der Waals surface area contributed by atoms with Crippen molar-refractivity contribution in [1.82, 2.24) is 0 Å². The molecule has 0 rings (SSSR count). The van der Waals surface area contributed by atoms with Crippen LogP contribution in [0.25, 0.3) is 0 Å². The van der Waals surface area contributed by atoms with Crippen molar-refractivity contribution in [2.75, 3.05) is 6.54 Å².